The summed E-state index contributed by atoms with van der Waals surface area (Å²) in [4.78, 5) is 0.133. The van der Waals surface area contributed by atoms with E-state index in [9.17, 15) is 8.42 Å². The number of rotatable bonds is 7. The molecule has 146 valence electrons. The Morgan fingerprint density at radius 3 is 2.41 bits per heavy atom. The predicted molar refractivity (Wildman–Crippen MR) is 107 cm³/mol. The highest BCUT2D eigenvalue weighted by molar-refractivity contribution is 7.92. The van der Waals surface area contributed by atoms with Gasteiger partial charge < -0.3 is 14.8 Å². The lowest BCUT2D eigenvalue weighted by molar-refractivity contribution is 0.120. The van der Waals surface area contributed by atoms with Crippen molar-refractivity contribution in [3.8, 4) is 5.75 Å². The smallest absolute Gasteiger partial charge is 0.265 e. The predicted octanol–water partition coefficient (Wildman–Crippen LogP) is 3.70. The van der Waals surface area contributed by atoms with Crippen molar-refractivity contribution in [2.24, 2.45) is 0 Å². The van der Waals surface area contributed by atoms with Gasteiger partial charge in [0.05, 0.1) is 13.2 Å². The highest BCUT2D eigenvalue weighted by Gasteiger charge is 2.21. The number of hydrogen-bond donors (Lipinski definition) is 2. The molecule has 1 heterocycles. The van der Waals surface area contributed by atoms with Crippen LogP contribution in [0.15, 0.2) is 41.3 Å². The van der Waals surface area contributed by atoms with Gasteiger partial charge in [-0.1, -0.05) is 0 Å². The van der Waals surface area contributed by atoms with Crippen LogP contribution in [0.5, 0.6) is 5.75 Å². The van der Waals surface area contributed by atoms with Crippen LogP contribution in [0.4, 0.5) is 11.4 Å². The fraction of sp³-hybridized carbons (Fsp3) is 0.400. The first-order valence-corrected chi connectivity index (χ1v) is 10.5. The van der Waals surface area contributed by atoms with Crippen LogP contribution in [0.25, 0.3) is 0 Å². The summed E-state index contributed by atoms with van der Waals surface area (Å²) < 4.78 is 39.1. The molecule has 1 fully saturated rings. The van der Waals surface area contributed by atoms with E-state index in [2.05, 4.69) is 10.0 Å². The number of sulfonamides is 1. The molecule has 0 radical (unpaired) electrons. The van der Waals surface area contributed by atoms with Gasteiger partial charge in [-0.05, 0) is 74.2 Å². The van der Waals surface area contributed by atoms with Crippen LogP contribution in [-0.4, -0.2) is 34.8 Å². The van der Waals surface area contributed by atoms with Crippen LogP contribution >= 0.6 is 0 Å². The van der Waals surface area contributed by atoms with E-state index in [1.807, 2.05) is 26.0 Å². The van der Waals surface area contributed by atoms with Crippen LogP contribution in [0.3, 0.4) is 0 Å². The second kappa shape index (κ2) is 8.19. The maximum Gasteiger partial charge on any atom is 0.265 e. The van der Waals surface area contributed by atoms with Crippen molar-refractivity contribution in [3.63, 3.8) is 0 Å². The molecule has 2 aromatic rings. The standard InChI is InChI=1S/C20H26N2O4S/c1-14-11-19(25-3)20(12-15(14)2)27(23,24)22-17-8-6-16(7-9-17)21-13-18-5-4-10-26-18/h6-9,11-12,18,21-22H,4-5,10,13H2,1-3H3. The minimum absolute atomic E-state index is 0.133. The molecule has 0 spiro atoms. The topological polar surface area (TPSA) is 76.7 Å². The molecule has 2 aromatic carbocycles. The first-order valence-electron chi connectivity index (χ1n) is 9.02. The van der Waals surface area contributed by atoms with Gasteiger partial charge >= 0.3 is 0 Å². The third-order valence-corrected chi connectivity index (χ3v) is 6.17. The molecule has 2 N–H and O–H groups in total. The van der Waals surface area contributed by atoms with Gasteiger partial charge in [-0.2, -0.15) is 0 Å². The molecule has 27 heavy (non-hydrogen) atoms. The molecular weight excluding hydrogens is 364 g/mol. The largest absolute Gasteiger partial charge is 0.495 e. The molecule has 0 aromatic heterocycles. The van der Waals surface area contributed by atoms with Gasteiger partial charge in [0.25, 0.3) is 10.0 Å². The average molecular weight is 391 g/mol. The maximum atomic E-state index is 12.8. The van der Waals surface area contributed by atoms with Gasteiger partial charge in [0.1, 0.15) is 10.6 Å². The summed E-state index contributed by atoms with van der Waals surface area (Å²) in [7, 11) is -2.28. The Bertz CT molecular complexity index is 889. The molecule has 1 aliphatic heterocycles. The fourth-order valence-electron chi connectivity index (χ4n) is 3.04. The van der Waals surface area contributed by atoms with Crippen molar-refractivity contribution < 1.29 is 17.9 Å². The highest BCUT2D eigenvalue weighted by Crippen LogP contribution is 2.29. The normalized spacial score (nSPS) is 16.9. The van der Waals surface area contributed by atoms with Crippen molar-refractivity contribution in [1.29, 1.82) is 0 Å². The minimum Gasteiger partial charge on any atom is -0.495 e. The van der Waals surface area contributed by atoms with Crippen LogP contribution in [-0.2, 0) is 14.8 Å². The summed E-state index contributed by atoms with van der Waals surface area (Å²) >= 11 is 0. The van der Waals surface area contributed by atoms with Crippen LogP contribution in [0.2, 0.25) is 0 Å². The second-order valence-corrected chi connectivity index (χ2v) is 8.44. The lowest BCUT2D eigenvalue weighted by atomic mass is 10.1. The molecule has 0 aliphatic carbocycles. The summed E-state index contributed by atoms with van der Waals surface area (Å²) in [6.45, 7) is 5.38. The third-order valence-electron chi connectivity index (χ3n) is 4.76. The molecule has 3 rings (SSSR count). The lowest BCUT2D eigenvalue weighted by Gasteiger charge is -2.15. The number of nitrogens with one attached hydrogen (secondary N) is 2. The van der Waals surface area contributed by atoms with E-state index in [0.717, 1.165) is 42.8 Å². The van der Waals surface area contributed by atoms with E-state index in [0.29, 0.717) is 11.4 Å². The van der Waals surface area contributed by atoms with Crippen LogP contribution in [0, 0.1) is 13.8 Å². The monoisotopic (exact) mass is 390 g/mol. The number of ether oxygens (including phenoxy) is 2. The minimum atomic E-state index is -3.75. The Morgan fingerprint density at radius 2 is 1.78 bits per heavy atom. The van der Waals surface area contributed by atoms with E-state index in [4.69, 9.17) is 9.47 Å². The molecule has 1 aliphatic rings. The SMILES string of the molecule is COc1cc(C)c(C)cc1S(=O)(=O)Nc1ccc(NCC2CCCO2)cc1. The van der Waals surface area contributed by atoms with E-state index in [1.165, 1.54) is 7.11 Å². The lowest BCUT2D eigenvalue weighted by Crippen LogP contribution is -2.18. The Hall–Kier alpha value is -2.25. The summed E-state index contributed by atoms with van der Waals surface area (Å²) in [6.07, 6.45) is 2.43. The van der Waals surface area contributed by atoms with Crippen LogP contribution < -0.4 is 14.8 Å². The number of aryl methyl sites for hydroxylation is 2. The third kappa shape index (κ3) is 4.73. The average Bonchev–Trinajstić information content (AvgIpc) is 3.16. The maximum absolute atomic E-state index is 12.8. The van der Waals surface area contributed by atoms with E-state index in [-0.39, 0.29) is 11.0 Å². The van der Waals surface area contributed by atoms with Gasteiger partial charge in [-0.3, -0.25) is 4.72 Å². The molecular formula is C20H26N2O4S. The Balaban J connectivity index is 1.71. The van der Waals surface area contributed by atoms with Gasteiger partial charge in [0.15, 0.2) is 0 Å². The van der Waals surface area contributed by atoms with Gasteiger partial charge in [-0.15, -0.1) is 0 Å². The number of benzene rings is 2. The molecule has 0 saturated carbocycles. The van der Waals surface area contributed by atoms with Crippen molar-refractivity contribution in [1.82, 2.24) is 0 Å². The van der Waals surface area contributed by atoms with Crippen LogP contribution in [0.1, 0.15) is 24.0 Å². The molecule has 1 atom stereocenters. The van der Waals surface area contributed by atoms with E-state index in [1.54, 1.807) is 24.3 Å². The quantitative estimate of drug-likeness (QED) is 0.754. The van der Waals surface area contributed by atoms with Gasteiger partial charge in [0, 0.05) is 24.5 Å². The number of anilines is 2. The molecule has 0 bridgehead atoms. The molecule has 7 heteroatoms. The number of methoxy groups -OCH3 is 1. The first-order chi connectivity index (χ1) is 12.9. The zero-order valence-electron chi connectivity index (χ0n) is 15.9. The highest BCUT2D eigenvalue weighted by atomic mass is 32.2. The molecule has 6 nitrogen and oxygen atoms in total. The second-order valence-electron chi connectivity index (χ2n) is 6.79. The summed E-state index contributed by atoms with van der Waals surface area (Å²) in [5.74, 6) is 0.334. The molecule has 0 amide bonds. The van der Waals surface area contributed by atoms with E-state index < -0.39 is 10.0 Å². The van der Waals surface area contributed by atoms with Gasteiger partial charge in [0.2, 0.25) is 0 Å². The van der Waals surface area contributed by atoms with Crippen molar-refractivity contribution in [2.45, 2.75) is 37.7 Å². The van der Waals surface area contributed by atoms with Gasteiger partial charge in [-0.25, -0.2) is 8.42 Å². The summed E-state index contributed by atoms with van der Waals surface area (Å²) in [5.41, 5.74) is 3.30. The van der Waals surface area contributed by atoms with Crippen molar-refractivity contribution >= 4 is 21.4 Å². The Labute approximate surface area is 160 Å². The van der Waals surface area contributed by atoms with Crippen molar-refractivity contribution in [2.75, 3.05) is 30.3 Å². The summed E-state index contributed by atoms with van der Waals surface area (Å²) in [6, 6.07) is 10.6. The zero-order chi connectivity index (χ0) is 19.4. The van der Waals surface area contributed by atoms with Crippen molar-refractivity contribution in [3.05, 3.63) is 47.5 Å². The van der Waals surface area contributed by atoms with E-state index >= 15 is 0 Å². The number of hydrogen-bond acceptors (Lipinski definition) is 5. The molecule has 1 unspecified atom stereocenters. The Morgan fingerprint density at radius 1 is 1.11 bits per heavy atom. The molecule has 1 saturated heterocycles. The summed E-state index contributed by atoms with van der Waals surface area (Å²) in [5, 5.41) is 3.32. The fourth-order valence-corrected chi connectivity index (χ4v) is 4.33. The Kier molecular flexibility index (Phi) is 5.92. The first kappa shape index (κ1) is 19.5. The zero-order valence-corrected chi connectivity index (χ0v) is 16.7.